The summed E-state index contributed by atoms with van der Waals surface area (Å²) in [5.41, 5.74) is -0.292. The van der Waals surface area contributed by atoms with Crippen molar-refractivity contribution in [2.45, 2.75) is 88.7 Å². The predicted octanol–water partition coefficient (Wildman–Crippen LogP) is 2.79. The smallest absolute Gasteiger partial charge is 0.312 e. The Morgan fingerprint density at radius 1 is 1.25 bits per heavy atom. The van der Waals surface area contributed by atoms with Crippen LogP contribution < -0.4 is 5.32 Å². The zero-order chi connectivity index (χ0) is 31.9. The molecule has 3 heterocycles. The number of hydrogen-bond acceptors (Lipinski definition) is 7. The summed E-state index contributed by atoms with van der Waals surface area (Å²) in [5, 5.41) is 13.4. The van der Waals surface area contributed by atoms with Gasteiger partial charge in [-0.3, -0.25) is 19.2 Å². The third-order valence-electron chi connectivity index (χ3n) is 9.08. The SMILES string of the molecule is C=CCCC(=O)NC[C@@H](C)OC(=O)[C@@H]1[C@H]2C(=O)N([C@@H](CO)Cc3ccccc3)[C@H](C(=O)N(CC=C)CCCC)[C@]23CC[C@H]1O3. The lowest BCUT2D eigenvalue weighted by Gasteiger charge is -2.39. The summed E-state index contributed by atoms with van der Waals surface area (Å²) in [7, 11) is 0. The van der Waals surface area contributed by atoms with Gasteiger partial charge in [0.1, 0.15) is 17.7 Å². The van der Waals surface area contributed by atoms with Crippen LogP contribution in [-0.2, 0) is 35.1 Å². The molecule has 4 rings (SSSR count). The average molecular weight is 610 g/mol. The van der Waals surface area contributed by atoms with E-state index < -0.39 is 47.7 Å². The molecule has 1 aromatic rings. The first-order valence-electron chi connectivity index (χ1n) is 15.8. The Balaban J connectivity index is 1.63. The van der Waals surface area contributed by atoms with E-state index in [0.717, 1.165) is 18.4 Å². The fraction of sp³-hybridized carbons (Fsp3) is 0.588. The number of rotatable bonds is 17. The summed E-state index contributed by atoms with van der Waals surface area (Å²) < 4.78 is 12.3. The number of nitrogens with one attached hydrogen (secondary N) is 1. The molecule has 3 aliphatic rings. The van der Waals surface area contributed by atoms with E-state index in [9.17, 15) is 24.3 Å². The van der Waals surface area contributed by atoms with E-state index >= 15 is 0 Å². The number of hydrogen-bond donors (Lipinski definition) is 2. The van der Waals surface area contributed by atoms with Crippen LogP contribution in [0.15, 0.2) is 55.6 Å². The lowest BCUT2D eigenvalue weighted by Crippen LogP contribution is -2.59. The van der Waals surface area contributed by atoms with Crippen molar-refractivity contribution in [2.75, 3.05) is 26.2 Å². The Bertz CT molecular complexity index is 1210. The van der Waals surface area contributed by atoms with E-state index in [4.69, 9.17) is 9.47 Å². The molecule has 3 fully saturated rings. The number of unbranched alkanes of at least 4 members (excludes halogenated alkanes) is 1. The molecule has 0 saturated carbocycles. The van der Waals surface area contributed by atoms with Crippen molar-refractivity contribution in [3.63, 3.8) is 0 Å². The second-order valence-corrected chi connectivity index (χ2v) is 12.1. The molecule has 3 amide bonds. The van der Waals surface area contributed by atoms with E-state index in [-0.39, 0.29) is 30.9 Å². The van der Waals surface area contributed by atoms with Crippen LogP contribution in [0, 0.1) is 11.8 Å². The van der Waals surface area contributed by atoms with Gasteiger partial charge in [0.15, 0.2) is 0 Å². The number of allylic oxidation sites excluding steroid dienone is 1. The largest absolute Gasteiger partial charge is 0.460 e. The van der Waals surface area contributed by atoms with Gasteiger partial charge in [0, 0.05) is 19.5 Å². The van der Waals surface area contributed by atoms with Crippen LogP contribution in [0.5, 0.6) is 0 Å². The van der Waals surface area contributed by atoms with Crippen molar-refractivity contribution in [1.29, 1.82) is 0 Å². The van der Waals surface area contributed by atoms with Gasteiger partial charge in [-0.15, -0.1) is 13.2 Å². The number of ether oxygens (including phenoxy) is 2. The average Bonchev–Trinajstić information content (AvgIpc) is 3.67. The second kappa shape index (κ2) is 15.0. The van der Waals surface area contributed by atoms with Crippen molar-refractivity contribution < 1.29 is 33.8 Å². The molecule has 0 unspecified atom stereocenters. The molecule has 240 valence electrons. The molecule has 0 aromatic heterocycles. The van der Waals surface area contributed by atoms with Gasteiger partial charge in [-0.25, -0.2) is 0 Å². The molecule has 3 saturated heterocycles. The molecule has 3 aliphatic heterocycles. The Hall–Kier alpha value is -3.50. The monoisotopic (exact) mass is 609 g/mol. The fourth-order valence-electron chi connectivity index (χ4n) is 7.04. The molecular weight excluding hydrogens is 562 g/mol. The van der Waals surface area contributed by atoms with E-state index in [0.29, 0.717) is 45.2 Å². The minimum Gasteiger partial charge on any atom is -0.460 e. The number of benzene rings is 1. The van der Waals surface area contributed by atoms with Crippen molar-refractivity contribution >= 4 is 23.7 Å². The quantitative estimate of drug-likeness (QED) is 0.206. The number of carbonyl (C=O) groups excluding carboxylic acids is 4. The van der Waals surface area contributed by atoms with Gasteiger partial charge < -0.3 is 29.7 Å². The van der Waals surface area contributed by atoms with Crippen LogP contribution >= 0.6 is 0 Å². The summed E-state index contributed by atoms with van der Waals surface area (Å²) in [6.45, 7) is 11.8. The molecule has 10 heteroatoms. The van der Waals surface area contributed by atoms with Crippen LogP contribution in [0.3, 0.4) is 0 Å². The van der Waals surface area contributed by atoms with E-state index in [1.165, 1.54) is 4.90 Å². The minimum absolute atomic E-state index is 0.133. The summed E-state index contributed by atoms with van der Waals surface area (Å²) in [6, 6.07) is 7.82. The van der Waals surface area contributed by atoms with Crippen molar-refractivity contribution in [1.82, 2.24) is 15.1 Å². The molecule has 7 atom stereocenters. The van der Waals surface area contributed by atoms with Crippen LogP contribution in [0.1, 0.15) is 57.9 Å². The maximum Gasteiger partial charge on any atom is 0.312 e. The highest BCUT2D eigenvalue weighted by molar-refractivity contribution is 5.98. The highest BCUT2D eigenvalue weighted by Gasteiger charge is 2.75. The standard InChI is InChI=1S/C34H47N3O7/c1-5-8-15-27(39)35-21-23(4)43-33(42)28-26-16-17-34(44-26)29(28)31(40)37(25(22-38)20-24-13-11-10-12-14-24)30(34)32(41)36(18-7-3)19-9-6-2/h5,7,10-14,23,25-26,28-30,38H,1,3,6,8-9,15-22H2,2,4H3,(H,35,39)/t23-,25-,26-,28+,29+,30-,34+/m1/s1. The third-order valence-corrected chi connectivity index (χ3v) is 9.08. The summed E-state index contributed by atoms with van der Waals surface area (Å²) in [6.07, 6.45) is 5.94. The number of fused-ring (bicyclic) bond motifs is 1. The van der Waals surface area contributed by atoms with Gasteiger partial charge >= 0.3 is 5.97 Å². The molecule has 10 nitrogen and oxygen atoms in total. The number of likely N-dealkylation sites (tertiary alicyclic amines) is 1. The molecule has 0 radical (unpaired) electrons. The molecule has 1 aromatic carbocycles. The Morgan fingerprint density at radius 3 is 2.66 bits per heavy atom. The first-order valence-corrected chi connectivity index (χ1v) is 15.8. The van der Waals surface area contributed by atoms with Gasteiger partial charge in [-0.1, -0.05) is 55.8 Å². The number of aliphatic hydroxyl groups excluding tert-OH is 1. The fourth-order valence-corrected chi connectivity index (χ4v) is 7.04. The van der Waals surface area contributed by atoms with E-state index in [2.05, 4.69) is 18.5 Å². The Kier molecular flexibility index (Phi) is 11.4. The van der Waals surface area contributed by atoms with Gasteiger partial charge in [-0.05, 0) is 44.6 Å². The maximum atomic E-state index is 14.5. The second-order valence-electron chi connectivity index (χ2n) is 12.1. The number of nitrogens with zero attached hydrogens (tertiary/aromatic N) is 2. The summed E-state index contributed by atoms with van der Waals surface area (Å²) >= 11 is 0. The van der Waals surface area contributed by atoms with Gasteiger partial charge in [0.25, 0.3) is 0 Å². The van der Waals surface area contributed by atoms with E-state index in [1.54, 1.807) is 24.0 Å². The van der Waals surface area contributed by atoms with Gasteiger partial charge in [-0.2, -0.15) is 0 Å². The minimum atomic E-state index is -1.21. The lowest BCUT2D eigenvalue weighted by molar-refractivity contribution is -0.160. The first-order chi connectivity index (χ1) is 21.2. The molecule has 1 spiro atoms. The topological polar surface area (TPSA) is 125 Å². The molecular formula is C34H47N3O7. The lowest BCUT2D eigenvalue weighted by atomic mass is 9.70. The van der Waals surface area contributed by atoms with Gasteiger partial charge in [0.2, 0.25) is 17.7 Å². The highest BCUT2D eigenvalue weighted by Crippen LogP contribution is 2.59. The summed E-state index contributed by atoms with van der Waals surface area (Å²) in [4.78, 5) is 57.8. The van der Waals surface area contributed by atoms with Crippen LogP contribution in [-0.4, -0.2) is 94.7 Å². The number of esters is 1. The van der Waals surface area contributed by atoms with Crippen LogP contribution in [0.4, 0.5) is 0 Å². The van der Waals surface area contributed by atoms with Crippen LogP contribution in [0.2, 0.25) is 0 Å². The first kappa shape index (κ1) is 33.4. The van der Waals surface area contributed by atoms with Gasteiger partial charge in [0.05, 0.1) is 37.1 Å². The number of amides is 3. The predicted molar refractivity (Wildman–Crippen MR) is 165 cm³/mol. The normalized spacial score (nSPS) is 26.5. The van der Waals surface area contributed by atoms with Crippen molar-refractivity contribution in [3.8, 4) is 0 Å². The number of aliphatic hydroxyl groups is 1. The van der Waals surface area contributed by atoms with E-state index in [1.807, 2.05) is 37.3 Å². The van der Waals surface area contributed by atoms with Crippen LogP contribution in [0.25, 0.3) is 0 Å². The molecule has 2 bridgehead atoms. The zero-order valence-electron chi connectivity index (χ0n) is 26.0. The molecule has 44 heavy (non-hydrogen) atoms. The third kappa shape index (κ3) is 6.76. The van der Waals surface area contributed by atoms with Crippen molar-refractivity contribution in [2.24, 2.45) is 11.8 Å². The highest BCUT2D eigenvalue weighted by atomic mass is 16.6. The molecule has 0 aliphatic carbocycles. The maximum absolute atomic E-state index is 14.5. The summed E-state index contributed by atoms with van der Waals surface area (Å²) in [5.74, 6) is -3.19. The van der Waals surface area contributed by atoms with Crippen molar-refractivity contribution in [3.05, 3.63) is 61.2 Å². The molecule has 2 N–H and O–H groups in total. The number of carbonyl (C=O) groups is 4. The Labute approximate surface area is 260 Å². The Morgan fingerprint density at radius 2 is 2.00 bits per heavy atom. The zero-order valence-corrected chi connectivity index (χ0v) is 26.0.